The molecule has 1 aromatic heterocycles. The number of nitrogens with zero attached hydrogens (tertiary/aromatic N) is 2. The summed E-state index contributed by atoms with van der Waals surface area (Å²) in [5.41, 5.74) is 0.695. The maximum Gasteiger partial charge on any atom is 0.312 e. The Kier molecular flexibility index (Phi) is 12.1. The van der Waals surface area contributed by atoms with Crippen LogP contribution in [-0.4, -0.2) is 112 Å². The summed E-state index contributed by atoms with van der Waals surface area (Å²) in [4.78, 5) is 50.7. The van der Waals surface area contributed by atoms with Gasteiger partial charge in [-0.15, -0.1) is 0 Å². The molecule has 1 amide bonds. The number of Topliss-reactive ketones (excluding diaryl/α,β-unsaturated/α-hetero) is 1. The SMILES string of the molecule is CO[C@H]1/C=C/O[C@@]2(C)Oc3c(C)c(O)c4c(O)c(c5[nH]c(N6CCOCC6)nc5c4c3C2=O)NC(=O)/C(C)=C\C=C\[C@@H](C)[C@H](O)[C@@H](C)[C@H](O)[C@H](C)[C@@H](OC(C)=O)[C@@H]1C. The molecule has 0 unspecified atom stereocenters. The number of phenolic OH excluding ortho intramolecular Hbond substituents is 2. The van der Waals surface area contributed by atoms with Crippen LogP contribution in [0.25, 0.3) is 21.8 Å². The summed E-state index contributed by atoms with van der Waals surface area (Å²) in [6.45, 7) is 14.7. The molecule has 2 aromatic carbocycles. The number of carbonyl (C=O) groups is 3. The van der Waals surface area contributed by atoms with Gasteiger partial charge in [0.15, 0.2) is 5.75 Å². The Morgan fingerprint density at radius 3 is 2.33 bits per heavy atom. The number of fused-ring (bicyclic) bond motifs is 1. The lowest BCUT2D eigenvalue weighted by molar-refractivity contribution is -0.160. The van der Waals surface area contributed by atoms with Crippen molar-refractivity contribution >= 4 is 51.1 Å². The van der Waals surface area contributed by atoms with Crippen LogP contribution in [0.4, 0.5) is 11.6 Å². The summed E-state index contributed by atoms with van der Waals surface area (Å²) < 4.78 is 29.4. The van der Waals surface area contributed by atoms with Crippen LogP contribution in [0, 0.1) is 30.6 Å². The van der Waals surface area contributed by atoms with E-state index in [0.717, 1.165) is 0 Å². The molecule has 3 aliphatic heterocycles. The minimum atomic E-state index is -1.96. The van der Waals surface area contributed by atoms with Crippen LogP contribution in [0.1, 0.15) is 64.4 Å². The molecule has 16 nitrogen and oxygen atoms in total. The smallest absolute Gasteiger partial charge is 0.312 e. The molecule has 4 heterocycles. The number of morpholine rings is 1. The predicted molar refractivity (Wildman–Crippen MR) is 215 cm³/mol. The summed E-state index contributed by atoms with van der Waals surface area (Å²) in [5.74, 6) is -6.63. The molecule has 16 heteroatoms. The number of phenols is 2. The number of ether oxygens (including phenoxy) is 5. The molecular weight excluding hydrogens is 752 g/mol. The number of anilines is 2. The number of amides is 1. The van der Waals surface area contributed by atoms with E-state index in [4.69, 9.17) is 28.7 Å². The number of hydrogen-bond donors (Lipinski definition) is 6. The van der Waals surface area contributed by atoms with E-state index < -0.39 is 83.0 Å². The number of ketones is 1. The number of aromatic hydroxyl groups is 2. The molecule has 4 bridgehead atoms. The van der Waals surface area contributed by atoms with Crippen LogP contribution in [0.5, 0.6) is 17.2 Å². The van der Waals surface area contributed by atoms with Crippen molar-refractivity contribution in [3.05, 3.63) is 47.3 Å². The Balaban J connectivity index is 1.54. The number of carbonyl (C=O) groups excluding carboxylic acids is 3. The summed E-state index contributed by atoms with van der Waals surface area (Å²) in [7, 11) is 1.46. The summed E-state index contributed by atoms with van der Waals surface area (Å²) in [6.07, 6.45) is 3.86. The number of aliphatic hydroxyl groups is 2. The monoisotopic (exact) mass is 806 g/mol. The number of imidazole rings is 1. The first-order valence-corrected chi connectivity index (χ1v) is 19.5. The van der Waals surface area contributed by atoms with E-state index in [1.165, 1.54) is 40.2 Å². The standard InChI is InChI=1S/C42H54N4O12/c1-19-11-10-12-20(2)40(53)43-32-31-30(44-41(45-31)46-14-17-55-18-15-46)27-28(36(32)51)35(50)24(6)38-29(27)39(52)42(8,58-38)56-16-13-26(54-9)21(3)37(57-25(7)47)23(5)34(49)22(4)33(19)48/h10-13,16,19,21-23,26,33-34,37,48-51H,14-15,17-18H2,1-9H3,(H,43,53)(H,44,45)/b11-10+,16-13+,20-12-/t19-,21-,22-,23+,26+,33+,34+,37+,42+/m1/s1. The fourth-order valence-corrected chi connectivity index (χ4v) is 8.13. The van der Waals surface area contributed by atoms with Gasteiger partial charge in [0.2, 0.25) is 5.95 Å². The minimum absolute atomic E-state index is 0.00916. The molecule has 58 heavy (non-hydrogen) atoms. The van der Waals surface area contributed by atoms with Crippen molar-refractivity contribution in [2.45, 2.75) is 85.6 Å². The highest BCUT2D eigenvalue weighted by molar-refractivity contribution is 6.28. The van der Waals surface area contributed by atoms with Gasteiger partial charge in [0.25, 0.3) is 11.7 Å². The fourth-order valence-electron chi connectivity index (χ4n) is 8.13. The number of hydrogen-bond acceptors (Lipinski definition) is 14. The normalized spacial score (nSPS) is 32.1. The Hall–Kier alpha value is -5.16. The van der Waals surface area contributed by atoms with Gasteiger partial charge in [-0.2, -0.15) is 0 Å². The van der Waals surface area contributed by atoms with E-state index >= 15 is 0 Å². The summed E-state index contributed by atoms with van der Waals surface area (Å²) in [6, 6.07) is 0. The average molecular weight is 807 g/mol. The van der Waals surface area contributed by atoms with Crippen LogP contribution in [0.3, 0.4) is 0 Å². The predicted octanol–water partition coefficient (Wildman–Crippen LogP) is 4.76. The molecule has 0 spiro atoms. The molecule has 6 N–H and O–H groups in total. The Morgan fingerprint density at radius 1 is 0.983 bits per heavy atom. The van der Waals surface area contributed by atoms with Crippen LogP contribution in [0.2, 0.25) is 0 Å². The van der Waals surface area contributed by atoms with Gasteiger partial charge in [0.1, 0.15) is 28.8 Å². The molecule has 0 radical (unpaired) electrons. The molecule has 1 fully saturated rings. The van der Waals surface area contributed by atoms with Gasteiger partial charge in [0.05, 0.1) is 54.3 Å². The maximum atomic E-state index is 14.6. The average Bonchev–Trinajstić information content (AvgIpc) is 3.76. The van der Waals surface area contributed by atoms with Crippen molar-refractivity contribution in [1.82, 2.24) is 9.97 Å². The second kappa shape index (κ2) is 16.6. The Morgan fingerprint density at radius 2 is 1.67 bits per heavy atom. The lowest BCUT2D eigenvalue weighted by Gasteiger charge is -2.38. The van der Waals surface area contributed by atoms with Crippen molar-refractivity contribution in [3.8, 4) is 17.2 Å². The highest BCUT2D eigenvalue weighted by Gasteiger charge is 2.50. The first-order valence-electron chi connectivity index (χ1n) is 19.5. The number of esters is 1. The number of nitrogens with one attached hydrogen (secondary N) is 2. The number of H-pyrrole nitrogens is 1. The van der Waals surface area contributed by atoms with E-state index in [9.17, 15) is 34.8 Å². The second-order valence-electron chi connectivity index (χ2n) is 15.7. The van der Waals surface area contributed by atoms with Crippen LogP contribution >= 0.6 is 0 Å². The zero-order valence-electron chi connectivity index (χ0n) is 34.3. The van der Waals surface area contributed by atoms with Gasteiger partial charge >= 0.3 is 11.8 Å². The third-order valence-corrected chi connectivity index (χ3v) is 11.8. The molecule has 0 saturated carbocycles. The second-order valence-corrected chi connectivity index (χ2v) is 15.7. The van der Waals surface area contributed by atoms with Crippen LogP contribution in [-0.2, 0) is 28.5 Å². The molecule has 3 aromatic rings. The number of allylic oxidation sites excluding steroid dienone is 2. The summed E-state index contributed by atoms with van der Waals surface area (Å²) in [5, 5.41) is 49.3. The van der Waals surface area contributed by atoms with Crippen molar-refractivity contribution in [3.63, 3.8) is 0 Å². The van der Waals surface area contributed by atoms with Crippen molar-refractivity contribution in [1.29, 1.82) is 0 Å². The Labute approximate surface area is 336 Å². The van der Waals surface area contributed by atoms with E-state index in [1.807, 2.05) is 4.90 Å². The fraction of sp³-hybridized carbons (Fsp3) is 0.524. The van der Waals surface area contributed by atoms with Gasteiger partial charge in [-0.1, -0.05) is 45.9 Å². The highest BCUT2D eigenvalue weighted by atomic mass is 16.7. The molecular formula is C42H54N4O12. The number of benzene rings is 2. The van der Waals surface area contributed by atoms with E-state index in [-0.39, 0.29) is 49.9 Å². The quantitative estimate of drug-likeness (QED) is 0.155. The van der Waals surface area contributed by atoms with Crippen LogP contribution < -0.4 is 15.0 Å². The third kappa shape index (κ3) is 7.61. The Bertz CT molecular complexity index is 2190. The minimum Gasteiger partial charge on any atom is -0.507 e. The molecule has 3 aliphatic rings. The van der Waals surface area contributed by atoms with Crippen molar-refractivity contribution in [2.75, 3.05) is 43.6 Å². The molecule has 0 aliphatic carbocycles. The third-order valence-electron chi connectivity index (χ3n) is 11.8. The van der Waals surface area contributed by atoms with E-state index in [0.29, 0.717) is 32.3 Å². The number of methoxy groups -OCH3 is 1. The first-order chi connectivity index (χ1) is 27.4. The van der Waals surface area contributed by atoms with Crippen LogP contribution in [0.15, 0.2) is 36.1 Å². The highest BCUT2D eigenvalue weighted by Crippen LogP contribution is 2.54. The van der Waals surface area contributed by atoms with E-state index in [2.05, 4.69) is 10.3 Å². The largest absolute Gasteiger partial charge is 0.507 e. The van der Waals surface area contributed by atoms with Crippen molar-refractivity contribution in [2.24, 2.45) is 23.7 Å². The lowest BCUT2D eigenvalue weighted by Crippen LogP contribution is -2.46. The first kappa shape index (κ1) is 42.4. The van der Waals surface area contributed by atoms with Gasteiger partial charge in [0, 0.05) is 74.2 Å². The van der Waals surface area contributed by atoms with Gasteiger partial charge in [-0.3, -0.25) is 14.4 Å². The zero-order valence-corrected chi connectivity index (χ0v) is 34.3. The molecule has 9 atom stereocenters. The number of aromatic nitrogens is 2. The van der Waals surface area contributed by atoms with Gasteiger partial charge in [-0.25, -0.2) is 4.98 Å². The van der Waals surface area contributed by atoms with E-state index in [1.54, 1.807) is 52.8 Å². The molecule has 1 saturated heterocycles. The molecule has 6 rings (SSSR count). The lowest BCUT2D eigenvalue weighted by atomic mass is 9.78. The van der Waals surface area contributed by atoms with Gasteiger partial charge < -0.3 is 59.3 Å². The number of aromatic amines is 1. The topological polar surface area (TPSA) is 222 Å². The number of aliphatic hydroxyl groups excluding tert-OH is 2. The summed E-state index contributed by atoms with van der Waals surface area (Å²) >= 11 is 0. The number of rotatable bonds is 3. The van der Waals surface area contributed by atoms with Gasteiger partial charge in [-0.05, 0) is 19.9 Å². The molecule has 314 valence electrons. The maximum absolute atomic E-state index is 14.6. The zero-order chi connectivity index (χ0) is 42.4. The van der Waals surface area contributed by atoms with Crippen molar-refractivity contribution < 1.29 is 58.5 Å².